The van der Waals surface area contributed by atoms with Gasteiger partial charge in [-0.3, -0.25) is 0 Å². The minimum absolute atomic E-state index is 1.26. The Hall–Kier alpha value is -4.26. The van der Waals surface area contributed by atoms with Crippen LogP contribution in [0.4, 0.5) is 0 Å². The second-order valence-electron chi connectivity index (χ2n) is 12.6. The van der Waals surface area contributed by atoms with Gasteiger partial charge in [0.15, 0.2) is 0 Å². The van der Waals surface area contributed by atoms with Gasteiger partial charge in [0.2, 0.25) is 0 Å². The molecule has 0 amide bonds. The van der Waals surface area contributed by atoms with Gasteiger partial charge >= 0.3 is 0 Å². The molecule has 0 aliphatic rings. The van der Waals surface area contributed by atoms with Crippen molar-refractivity contribution in [2.75, 3.05) is 0 Å². The van der Waals surface area contributed by atoms with Crippen molar-refractivity contribution in [2.24, 2.45) is 0 Å². The highest BCUT2D eigenvalue weighted by molar-refractivity contribution is 14.1. The third-order valence-corrected chi connectivity index (χ3v) is 12.2. The minimum Gasteiger partial charge on any atom is -0.0622 e. The molecule has 0 radical (unpaired) electrons. The average Bonchev–Trinajstić information content (AvgIpc) is 3.11. The molecule has 212 valence electrons. The normalized spacial score (nSPS) is 12.6. The quantitative estimate of drug-likeness (QED) is 0.0928. The summed E-state index contributed by atoms with van der Waals surface area (Å²) in [5.74, 6) is 0. The highest BCUT2D eigenvalue weighted by Crippen LogP contribution is 2.55. The van der Waals surface area contributed by atoms with Gasteiger partial charge in [0.05, 0.1) is 0 Å². The first kappa shape index (κ1) is 25.9. The topological polar surface area (TPSA) is 0 Å². The molecule has 0 heterocycles. The minimum atomic E-state index is 1.26. The van der Waals surface area contributed by atoms with Gasteiger partial charge in [-0.05, 0) is 166 Å². The summed E-state index contributed by atoms with van der Waals surface area (Å²) in [7, 11) is 0. The van der Waals surface area contributed by atoms with Crippen molar-refractivity contribution in [2.45, 2.75) is 0 Å². The number of fused-ring (bicyclic) bond motifs is 6. The smallest absolute Gasteiger partial charge is 0.0215 e. The van der Waals surface area contributed by atoms with Crippen LogP contribution in [0, 0.1) is 7.14 Å². The highest BCUT2D eigenvalue weighted by Gasteiger charge is 2.27. The van der Waals surface area contributed by atoms with Gasteiger partial charge in [-0.25, -0.2) is 0 Å². The van der Waals surface area contributed by atoms with Gasteiger partial charge in [0, 0.05) is 7.14 Å². The van der Waals surface area contributed by atoms with E-state index in [0.717, 1.165) is 0 Å². The lowest BCUT2D eigenvalue weighted by molar-refractivity contribution is 1.66. The lowest BCUT2D eigenvalue weighted by atomic mass is 9.78. The Morgan fingerprint density at radius 1 is 0.261 bits per heavy atom. The SMILES string of the molecule is Ic1cc2c3c(-c4ccccc4)cccc3c3ccc4c(I)cc5c6c(-c7ccccc7)cccc6c6ccc1c1c6c5c4c3c21. The fourth-order valence-corrected chi connectivity index (χ4v) is 10.2. The summed E-state index contributed by atoms with van der Waals surface area (Å²) in [4.78, 5) is 0. The summed E-state index contributed by atoms with van der Waals surface area (Å²) in [6.07, 6.45) is 0. The van der Waals surface area contributed by atoms with Crippen LogP contribution >= 0.6 is 45.2 Å². The monoisotopic (exact) mass is 804 g/mol. The van der Waals surface area contributed by atoms with Crippen LogP contribution in [0.2, 0.25) is 0 Å². The van der Waals surface area contributed by atoms with Crippen molar-refractivity contribution in [3.05, 3.63) is 141 Å². The Balaban J connectivity index is 1.50. The Labute approximate surface area is 291 Å². The highest BCUT2D eigenvalue weighted by atomic mass is 127. The van der Waals surface area contributed by atoms with E-state index in [2.05, 4.69) is 179 Å². The molecule has 0 aromatic heterocycles. The third kappa shape index (κ3) is 3.14. The molecule has 0 bridgehead atoms. The number of benzene rings is 11. The standard InChI is InChI=1S/C44H22I2/c45-35-21-33-37-25(23-9-3-1-4-10-23)13-7-15-27(37)29-17-19-32-36(46)22-34-38-26(24-11-5-2-6-12-24)14-8-16-28(38)30-18-20-31(35)41-40(30)44(34)42(32)39(29)43(33)41/h1-22H. The first-order valence-electron chi connectivity index (χ1n) is 15.7. The first-order chi connectivity index (χ1) is 22.7. The lowest BCUT2D eigenvalue weighted by Crippen LogP contribution is -1.98. The van der Waals surface area contributed by atoms with Gasteiger partial charge in [-0.15, -0.1) is 0 Å². The molecule has 11 rings (SSSR count). The Morgan fingerprint density at radius 2 is 0.609 bits per heavy atom. The maximum Gasteiger partial charge on any atom is 0.0215 e. The number of halogens is 2. The summed E-state index contributed by atoms with van der Waals surface area (Å²) in [5, 5.41) is 21.9. The molecular formula is C44H22I2. The number of hydrogen-bond acceptors (Lipinski definition) is 0. The fraction of sp³-hybridized carbons (Fsp3) is 0. The van der Waals surface area contributed by atoms with Crippen LogP contribution in [0.3, 0.4) is 0 Å². The average molecular weight is 804 g/mol. The van der Waals surface area contributed by atoms with Crippen molar-refractivity contribution in [1.82, 2.24) is 0 Å². The van der Waals surface area contributed by atoms with Crippen LogP contribution in [0.5, 0.6) is 0 Å². The lowest BCUT2D eigenvalue weighted by Gasteiger charge is -2.25. The Bertz CT molecular complexity index is 2800. The molecule has 46 heavy (non-hydrogen) atoms. The molecule has 0 saturated carbocycles. The zero-order valence-electron chi connectivity index (χ0n) is 24.5. The Kier molecular flexibility index (Phi) is 5.16. The molecule has 0 aliphatic heterocycles. The van der Waals surface area contributed by atoms with E-state index < -0.39 is 0 Å². The zero-order chi connectivity index (χ0) is 30.3. The van der Waals surface area contributed by atoms with E-state index in [9.17, 15) is 0 Å². The molecule has 11 aromatic carbocycles. The number of hydrogen-bond donors (Lipinski definition) is 0. The van der Waals surface area contributed by atoms with Crippen LogP contribution in [-0.2, 0) is 0 Å². The van der Waals surface area contributed by atoms with Gasteiger partial charge in [0.1, 0.15) is 0 Å². The first-order valence-corrected chi connectivity index (χ1v) is 17.8. The van der Waals surface area contributed by atoms with Gasteiger partial charge < -0.3 is 0 Å². The summed E-state index contributed by atoms with van der Waals surface area (Å²) in [5.41, 5.74) is 5.12. The van der Waals surface area contributed by atoms with Crippen LogP contribution in [0.25, 0.3) is 108 Å². The second kappa shape index (κ2) is 9.18. The summed E-state index contributed by atoms with van der Waals surface area (Å²) >= 11 is 5.18. The predicted molar refractivity (Wildman–Crippen MR) is 216 cm³/mol. The molecule has 2 heteroatoms. The molecule has 0 N–H and O–H groups in total. The van der Waals surface area contributed by atoms with E-state index in [0.29, 0.717) is 0 Å². The van der Waals surface area contributed by atoms with Gasteiger partial charge in [0.25, 0.3) is 0 Å². The largest absolute Gasteiger partial charge is 0.0622 e. The summed E-state index contributed by atoms with van der Waals surface area (Å²) in [6.45, 7) is 0. The van der Waals surface area contributed by atoms with Crippen LogP contribution in [0.1, 0.15) is 0 Å². The maximum atomic E-state index is 2.59. The molecule has 0 aliphatic carbocycles. The van der Waals surface area contributed by atoms with Gasteiger partial charge in [-0.1, -0.05) is 121 Å². The van der Waals surface area contributed by atoms with Crippen LogP contribution in [0.15, 0.2) is 133 Å². The summed E-state index contributed by atoms with van der Waals surface area (Å²) < 4.78 is 2.61. The zero-order valence-corrected chi connectivity index (χ0v) is 28.8. The predicted octanol–water partition coefficient (Wildman–Crippen LogP) is 13.8. The van der Waals surface area contributed by atoms with E-state index in [4.69, 9.17) is 0 Å². The second-order valence-corrected chi connectivity index (χ2v) is 14.9. The van der Waals surface area contributed by atoms with Gasteiger partial charge in [-0.2, -0.15) is 0 Å². The molecule has 0 nitrogen and oxygen atoms in total. The van der Waals surface area contributed by atoms with Crippen molar-refractivity contribution < 1.29 is 0 Å². The number of rotatable bonds is 2. The maximum absolute atomic E-state index is 2.59. The Morgan fingerprint density at radius 3 is 1.04 bits per heavy atom. The van der Waals surface area contributed by atoms with Crippen molar-refractivity contribution in [3.8, 4) is 22.3 Å². The molecule has 11 aromatic rings. The fourth-order valence-electron chi connectivity index (χ4n) is 8.68. The van der Waals surface area contributed by atoms with E-state index in [1.807, 2.05) is 0 Å². The van der Waals surface area contributed by atoms with E-state index >= 15 is 0 Å². The third-order valence-electron chi connectivity index (χ3n) is 10.4. The molecule has 0 atom stereocenters. The van der Waals surface area contributed by atoms with E-state index in [-0.39, 0.29) is 0 Å². The van der Waals surface area contributed by atoms with E-state index in [1.54, 1.807) is 0 Å². The molecular weight excluding hydrogens is 782 g/mol. The molecule has 0 unspecified atom stereocenters. The molecule has 0 saturated heterocycles. The van der Waals surface area contributed by atoms with E-state index in [1.165, 1.54) is 116 Å². The van der Waals surface area contributed by atoms with Crippen molar-refractivity contribution in [3.63, 3.8) is 0 Å². The van der Waals surface area contributed by atoms with Crippen LogP contribution in [-0.4, -0.2) is 0 Å². The van der Waals surface area contributed by atoms with Crippen LogP contribution < -0.4 is 0 Å². The summed E-state index contributed by atoms with van der Waals surface area (Å²) in [6, 6.07) is 50.1. The van der Waals surface area contributed by atoms with Crippen molar-refractivity contribution in [1.29, 1.82) is 0 Å². The molecule has 0 spiro atoms. The van der Waals surface area contributed by atoms with Crippen molar-refractivity contribution >= 4 is 131 Å². The molecule has 0 fully saturated rings.